The smallest absolute Gasteiger partial charge is 0.144 e. The lowest BCUT2D eigenvalue weighted by atomic mass is 9.75. The van der Waals surface area contributed by atoms with Crippen molar-refractivity contribution in [2.75, 3.05) is 5.32 Å². The van der Waals surface area contributed by atoms with Crippen LogP contribution in [0.4, 0.5) is 5.82 Å². The van der Waals surface area contributed by atoms with Crippen LogP contribution >= 0.6 is 0 Å². The monoisotopic (exact) mass is 269 g/mol. The molecule has 1 saturated carbocycles. The van der Waals surface area contributed by atoms with Crippen molar-refractivity contribution in [3.05, 3.63) is 22.9 Å². The van der Waals surface area contributed by atoms with Crippen molar-refractivity contribution in [3.8, 4) is 6.07 Å². The zero-order chi connectivity index (χ0) is 14.2. The molecular weight excluding hydrogens is 246 g/mol. The summed E-state index contributed by atoms with van der Waals surface area (Å²) in [5.74, 6) is 0.817. The van der Waals surface area contributed by atoms with E-state index in [0.29, 0.717) is 11.5 Å². The van der Waals surface area contributed by atoms with Crippen molar-refractivity contribution in [1.82, 2.24) is 4.98 Å². The molecule has 2 aliphatic carbocycles. The highest BCUT2D eigenvalue weighted by atomic mass is 15.0. The molecule has 0 radical (unpaired) electrons. The van der Waals surface area contributed by atoms with Gasteiger partial charge in [-0.3, -0.25) is 0 Å². The van der Waals surface area contributed by atoms with Crippen molar-refractivity contribution in [2.45, 2.75) is 64.8 Å². The summed E-state index contributed by atoms with van der Waals surface area (Å²) in [6, 6.07) is 4.83. The van der Waals surface area contributed by atoms with Gasteiger partial charge in [-0.25, -0.2) is 4.98 Å². The van der Waals surface area contributed by atoms with Gasteiger partial charge in [-0.1, -0.05) is 13.8 Å². The van der Waals surface area contributed by atoms with Crippen LogP contribution in [0.15, 0.2) is 6.07 Å². The van der Waals surface area contributed by atoms with Crippen molar-refractivity contribution >= 4 is 5.82 Å². The van der Waals surface area contributed by atoms with E-state index in [9.17, 15) is 5.26 Å². The average Bonchev–Trinajstić information content (AvgIpc) is 2.87. The number of hydrogen-bond donors (Lipinski definition) is 1. The first kappa shape index (κ1) is 13.4. The number of pyridine rings is 1. The lowest BCUT2D eigenvalue weighted by Crippen LogP contribution is -2.30. The van der Waals surface area contributed by atoms with E-state index in [1.807, 2.05) is 6.07 Å². The summed E-state index contributed by atoms with van der Waals surface area (Å²) in [6.45, 7) is 4.69. The third kappa shape index (κ3) is 2.65. The Morgan fingerprint density at radius 2 is 2.05 bits per heavy atom. The van der Waals surface area contributed by atoms with Gasteiger partial charge in [-0.15, -0.1) is 0 Å². The standard InChI is InChI=1S/C17H23N3/c1-17(2)8-6-14(7-9-17)19-16-13(11-18)10-12-4-3-5-15(12)20-16/h10,14H,3-9H2,1-2H3,(H,19,20). The molecule has 3 rings (SSSR count). The van der Waals surface area contributed by atoms with Crippen LogP contribution in [0.5, 0.6) is 0 Å². The SMILES string of the molecule is CC1(C)CCC(Nc2nc3c(cc2C#N)CCC3)CC1. The minimum Gasteiger partial charge on any atom is -0.366 e. The van der Waals surface area contributed by atoms with Gasteiger partial charge >= 0.3 is 0 Å². The van der Waals surface area contributed by atoms with Gasteiger partial charge in [-0.2, -0.15) is 5.26 Å². The Morgan fingerprint density at radius 1 is 1.30 bits per heavy atom. The molecule has 2 aliphatic rings. The number of anilines is 1. The molecule has 3 nitrogen and oxygen atoms in total. The van der Waals surface area contributed by atoms with Crippen LogP contribution in [0.1, 0.15) is 62.8 Å². The fraction of sp³-hybridized carbons (Fsp3) is 0.647. The largest absolute Gasteiger partial charge is 0.366 e. The number of nitrogens with zero attached hydrogens (tertiary/aromatic N) is 2. The summed E-state index contributed by atoms with van der Waals surface area (Å²) >= 11 is 0. The van der Waals surface area contributed by atoms with Crippen LogP contribution in [0.3, 0.4) is 0 Å². The molecule has 0 unspecified atom stereocenters. The van der Waals surface area contributed by atoms with Gasteiger partial charge < -0.3 is 5.32 Å². The summed E-state index contributed by atoms with van der Waals surface area (Å²) in [7, 11) is 0. The number of hydrogen-bond acceptors (Lipinski definition) is 3. The fourth-order valence-corrected chi connectivity index (χ4v) is 3.40. The first-order valence-electron chi connectivity index (χ1n) is 7.77. The number of nitriles is 1. The Balaban J connectivity index is 1.76. The molecule has 106 valence electrons. The maximum absolute atomic E-state index is 9.33. The quantitative estimate of drug-likeness (QED) is 0.887. The van der Waals surface area contributed by atoms with Crippen LogP contribution in [0.25, 0.3) is 0 Å². The van der Waals surface area contributed by atoms with E-state index in [0.717, 1.165) is 24.2 Å². The fourth-order valence-electron chi connectivity index (χ4n) is 3.40. The Hall–Kier alpha value is -1.56. The number of fused-ring (bicyclic) bond motifs is 1. The summed E-state index contributed by atoms with van der Waals surface area (Å²) < 4.78 is 0. The van der Waals surface area contributed by atoms with Crippen LogP contribution in [0, 0.1) is 16.7 Å². The lowest BCUT2D eigenvalue weighted by Gasteiger charge is -2.35. The molecule has 0 atom stereocenters. The summed E-state index contributed by atoms with van der Waals surface area (Å²) in [5, 5.41) is 12.9. The molecule has 20 heavy (non-hydrogen) atoms. The van der Waals surface area contributed by atoms with E-state index in [1.165, 1.54) is 43.4 Å². The third-order valence-corrected chi connectivity index (χ3v) is 4.85. The number of aromatic nitrogens is 1. The van der Waals surface area contributed by atoms with E-state index in [-0.39, 0.29) is 0 Å². The molecule has 0 aromatic carbocycles. The van der Waals surface area contributed by atoms with Crippen LogP contribution in [-0.2, 0) is 12.8 Å². The highest BCUT2D eigenvalue weighted by Crippen LogP contribution is 2.36. The minimum atomic E-state index is 0.474. The molecule has 0 bridgehead atoms. The van der Waals surface area contributed by atoms with Gasteiger partial charge in [0.25, 0.3) is 0 Å². The van der Waals surface area contributed by atoms with E-state index < -0.39 is 0 Å². The molecule has 0 amide bonds. The molecule has 1 aromatic heterocycles. The normalized spacial score (nSPS) is 21.2. The number of nitrogens with one attached hydrogen (secondary N) is 1. The van der Waals surface area contributed by atoms with Crippen molar-refractivity contribution in [3.63, 3.8) is 0 Å². The molecule has 3 heteroatoms. The zero-order valence-corrected chi connectivity index (χ0v) is 12.5. The molecule has 0 saturated heterocycles. The maximum Gasteiger partial charge on any atom is 0.144 e. The van der Waals surface area contributed by atoms with Crippen LogP contribution in [0.2, 0.25) is 0 Å². The summed E-state index contributed by atoms with van der Waals surface area (Å²) in [6.07, 6.45) is 8.17. The molecule has 1 fully saturated rings. The number of rotatable bonds is 2. The van der Waals surface area contributed by atoms with E-state index in [1.54, 1.807) is 0 Å². The highest BCUT2D eigenvalue weighted by Gasteiger charge is 2.27. The second-order valence-corrected chi connectivity index (χ2v) is 7.04. The lowest BCUT2D eigenvalue weighted by molar-refractivity contribution is 0.232. The highest BCUT2D eigenvalue weighted by molar-refractivity contribution is 5.55. The third-order valence-electron chi connectivity index (χ3n) is 4.85. The van der Waals surface area contributed by atoms with Gasteiger partial charge in [-0.05, 0) is 62.0 Å². The maximum atomic E-state index is 9.33. The van der Waals surface area contributed by atoms with Gasteiger partial charge in [0.2, 0.25) is 0 Å². The number of aryl methyl sites for hydroxylation is 2. The van der Waals surface area contributed by atoms with Crippen LogP contribution in [-0.4, -0.2) is 11.0 Å². The Morgan fingerprint density at radius 3 is 2.75 bits per heavy atom. The summed E-state index contributed by atoms with van der Waals surface area (Å²) in [5.41, 5.74) is 3.66. The van der Waals surface area contributed by atoms with Gasteiger partial charge in [0, 0.05) is 11.7 Å². The van der Waals surface area contributed by atoms with Gasteiger partial charge in [0.05, 0.1) is 5.56 Å². The van der Waals surface area contributed by atoms with Crippen molar-refractivity contribution in [1.29, 1.82) is 5.26 Å². The average molecular weight is 269 g/mol. The predicted molar refractivity (Wildman–Crippen MR) is 80.6 cm³/mol. The molecular formula is C17H23N3. The van der Waals surface area contributed by atoms with Gasteiger partial charge in [0.15, 0.2) is 0 Å². The molecule has 1 aromatic rings. The first-order valence-corrected chi connectivity index (χ1v) is 7.77. The predicted octanol–water partition coefficient (Wildman–Crippen LogP) is 3.82. The van der Waals surface area contributed by atoms with Crippen LogP contribution < -0.4 is 5.32 Å². The minimum absolute atomic E-state index is 0.474. The van der Waals surface area contributed by atoms with E-state index >= 15 is 0 Å². The Kier molecular flexibility index (Phi) is 3.41. The molecule has 1 N–H and O–H groups in total. The molecule has 0 aliphatic heterocycles. The second kappa shape index (κ2) is 5.09. The second-order valence-electron chi connectivity index (χ2n) is 7.04. The Bertz CT molecular complexity index is 544. The molecule has 1 heterocycles. The van der Waals surface area contributed by atoms with Crippen molar-refractivity contribution in [2.24, 2.45) is 5.41 Å². The first-order chi connectivity index (χ1) is 9.57. The van der Waals surface area contributed by atoms with E-state index in [2.05, 4.69) is 25.2 Å². The van der Waals surface area contributed by atoms with Gasteiger partial charge in [0.1, 0.15) is 11.9 Å². The molecule has 0 spiro atoms. The van der Waals surface area contributed by atoms with E-state index in [4.69, 9.17) is 4.98 Å². The zero-order valence-electron chi connectivity index (χ0n) is 12.5. The summed E-state index contributed by atoms with van der Waals surface area (Å²) in [4.78, 5) is 4.72. The van der Waals surface area contributed by atoms with Crippen molar-refractivity contribution < 1.29 is 0 Å². The topological polar surface area (TPSA) is 48.7 Å². The Labute approximate surface area is 121 Å².